The predicted molar refractivity (Wildman–Crippen MR) is 78.8 cm³/mol. The number of hydrogen-bond donors (Lipinski definition) is 2. The molecule has 1 aromatic rings. The third-order valence-electron chi connectivity index (χ3n) is 3.34. The molecule has 0 spiro atoms. The number of rotatable bonds is 6. The van der Waals surface area contributed by atoms with E-state index in [1.54, 1.807) is 0 Å². The summed E-state index contributed by atoms with van der Waals surface area (Å²) in [5.41, 5.74) is 0. The van der Waals surface area contributed by atoms with Gasteiger partial charge in [-0.15, -0.1) is 0 Å². The predicted octanol–water partition coefficient (Wildman–Crippen LogP) is 2.11. The van der Waals surface area contributed by atoms with Crippen LogP contribution in [0.2, 0.25) is 0 Å². The van der Waals surface area contributed by atoms with Crippen LogP contribution < -0.4 is 15.5 Å². The largest absolute Gasteiger partial charge is 0.354 e. The van der Waals surface area contributed by atoms with E-state index < -0.39 is 0 Å². The van der Waals surface area contributed by atoms with Crippen LogP contribution in [0, 0.1) is 0 Å². The molecule has 6 nitrogen and oxygen atoms in total. The average Bonchev–Trinajstić information content (AvgIpc) is 2.92. The van der Waals surface area contributed by atoms with Crippen molar-refractivity contribution in [2.75, 3.05) is 35.2 Å². The summed E-state index contributed by atoms with van der Waals surface area (Å²) in [5, 5.41) is 6.50. The first-order chi connectivity index (χ1) is 9.22. The Kier molecular flexibility index (Phi) is 4.76. The maximum atomic E-state index is 4.54. The SMILES string of the molecule is CCNc1nc(NC(C)CC)nc(N2CCCC2)n1. The molecule has 1 fully saturated rings. The minimum absolute atomic E-state index is 0.364. The van der Waals surface area contributed by atoms with Crippen molar-refractivity contribution in [2.24, 2.45) is 0 Å². The van der Waals surface area contributed by atoms with Crippen LogP contribution in [0.15, 0.2) is 0 Å². The zero-order valence-electron chi connectivity index (χ0n) is 12.1. The van der Waals surface area contributed by atoms with E-state index >= 15 is 0 Å². The maximum absolute atomic E-state index is 4.54. The Bertz CT molecular complexity index is 402. The molecule has 0 saturated carbocycles. The van der Waals surface area contributed by atoms with Crippen LogP contribution in [-0.4, -0.2) is 40.6 Å². The lowest BCUT2D eigenvalue weighted by atomic mass is 10.3. The first kappa shape index (κ1) is 13.8. The Hall–Kier alpha value is -1.59. The molecular formula is C13H24N6. The molecule has 1 aliphatic heterocycles. The molecule has 0 radical (unpaired) electrons. The number of anilines is 3. The van der Waals surface area contributed by atoms with Crippen LogP contribution >= 0.6 is 0 Å². The highest BCUT2D eigenvalue weighted by atomic mass is 15.3. The first-order valence-corrected chi connectivity index (χ1v) is 7.24. The minimum atomic E-state index is 0.364. The van der Waals surface area contributed by atoms with Crippen LogP contribution in [-0.2, 0) is 0 Å². The number of nitrogens with one attached hydrogen (secondary N) is 2. The third-order valence-corrected chi connectivity index (χ3v) is 3.34. The highest BCUT2D eigenvalue weighted by molar-refractivity contribution is 5.44. The summed E-state index contributed by atoms with van der Waals surface area (Å²) in [4.78, 5) is 15.7. The molecule has 1 unspecified atom stereocenters. The molecule has 0 amide bonds. The molecule has 1 saturated heterocycles. The Morgan fingerprint density at radius 2 is 1.79 bits per heavy atom. The molecule has 19 heavy (non-hydrogen) atoms. The number of nitrogens with zero attached hydrogens (tertiary/aromatic N) is 4. The normalized spacial score (nSPS) is 16.5. The summed E-state index contributed by atoms with van der Waals surface area (Å²) in [6.45, 7) is 9.21. The van der Waals surface area contributed by atoms with Gasteiger partial charge >= 0.3 is 0 Å². The van der Waals surface area contributed by atoms with Crippen molar-refractivity contribution in [1.82, 2.24) is 15.0 Å². The zero-order valence-corrected chi connectivity index (χ0v) is 12.1. The summed E-state index contributed by atoms with van der Waals surface area (Å²) in [6, 6.07) is 0.364. The lowest BCUT2D eigenvalue weighted by molar-refractivity contribution is 0.748. The molecule has 1 aliphatic rings. The van der Waals surface area contributed by atoms with Gasteiger partial charge in [0.2, 0.25) is 17.8 Å². The smallest absolute Gasteiger partial charge is 0.231 e. The zero-order chi connectivity index (χ0) is 13.7. The van der Waals surface area contributed by atoms with E-state index in [-0.39, 0.29) is 0 Å². The van der Waals surface area contributed by atoms with E-state index in [4.69, 9.17) is 0 Å². The van der Waals surface area contributed by atoms with Gasteiger partial charge in [0.25, 0.3) is 0 Å². The fourth-order valence-electron chi connectivity index (χ4n) is 2.05. The number of aromatic nitrogens is 3. The van der Waals surface area contributed by atoms with Gasteiger partial charge in [0, 0.05) is 25.7 Å². The van der Waals surface area contributed by atoms with Crippen molar-refractivity contribution in [3.05, 3.63) is 0 Å². The summed E-state index contributed by atoms with van der Waals surface area (Å²) in [6.07, 6.45) is 3.48. The quantitative estimate of drug-likeness (QED) is 0.820. The maximum Gasteiger partial charge on any atom is 0.231 e. The molecule has 0 bridgehead atoms. The summed E-state index contributed by atoms with van der Waals surface area (Å²) in [5.74, 6) is 2.11. The van der Waals surface area contributed by atoms with Gasteiger partial charge in [-0.1, -0.05) is 6.92 Å². The highest BCUT2D eigenvalue weighted by Crippen LogP contribution is 2.19. The second-order valence-electron chi connectivity index (χ2n) is 4.96. The first-order valence-electron chi connectivity index (χ1n) is 7.24. The van der Waals surface area contributed by atoms with Crippen LogP contribution in [0.1, 0.15) is 40.0 Å². The topological polar surface area (TPSA) is 66.0 Å². The standard InChI is InChI=1S/C13H24N6/c1-4-10(3)15-12-16-11(14-5-2)17-13(18-12)19-8-6-7-9-19/h10H,4-9H2,1-3H3,(H2,14,15,16,17,18). The van der Waals surface area contributed by atoms with Crippen molar-refractivity contribution < 1.29 is 0 Å². The fraction of sp³-hybridized carbons (Fsp3) is 0.769. The molecule has 1 atom stereocenters. The van der Waals surface area contributed by atoms with Crippen molar-refractivity contribution in [3.63, 3.8) is 0 Å². The van der Waals surface area contributed by atoms with Gasteiger partial charge in [0.1, 0.15) is 0 Å². The van der Waals surface area contributed by atoms with Gasteiger partial charge in [-0.25, -0.2) is 0 Å². The number of hydrogen-bond acceptors (Lipinski definition) is 6. The Balaban J connectivity index is 2.20. The molecule has 2 rings (SSSR count). The third kappa shape index (κ3) is 3.68. The monoisotopic (exact) mass is 264 g/mol. The van der Waals surface area contributed by atoms with Crippen molar-refractivity contribution in [2.45, 2.75) is 46.1 Å². The van der Waals surface area contributed by atoms with Gasteiger partial charge in [-0.05, 0) is 33.1 Å². The van der Waals surface area contributed by atoms with Gasteiger partial charge in [0.15, 0.2) is 0 Å². The molecular weight excluding hydrogens is 240 g/mol. The van der Waals surface area contributed by atoms with Gasteiger partial charge < -0.3 is 15.5 Å². The second-order valence-corrected chi connectivity index (χ2v) is 4.96. The van der Waals surface area contributed by atoms with E-state index in [1.807, 2.05) is 6.92 Å². The van der Waals surface area contributed by atoms with Gasteiger partial charge in [-0.3, -0.25) is 0 Å². The Morgan fingerprint density at radius 1 is 1.11 bits per heavy atom. The van der Waals surface area contributed by atoms with E-state index in [2.05, 4.69) is 44.3 Å². The van der Waals surface area contributed by atoms with Crippen LogP contribution in [0.5, 0.6) is 0 Å². The van der Waals surface area contributed by atoms with E-state index in [1.165, 1.54) is 12.8 Å². The summed E-state index contributed by atoms with van der Waals surface area (Å²) in [7, 11) is 0. The lowest BCUT2D eigenvalue weighted by Gasteiger charge is -2.18. The molecule has 1 aromatic heterocycles. The molecule has 2 heterocycles. The molecule has 2 N–H and O–H groups in total. The molecule has 0 aliphatic carbocycles. The second kappa shape index (κ2) is 6.54. The molecule has 0 aromatic carbocycles. The Morgan fingerprint density at radius 3 is 2.42 bits per heavy atom. The van der Waals surface area contributed by atoms with Crippen LogP contribution in [0.4, 0.5) is 17.8 Å². The van der Waals surface area contributed by atoms with Crippen molar-refractivity contribution >= 4 is 17.8 Å². The minimum Gasteiger partial charge on any atom is -0.354 e. The summed E-state index contributed by atoms with van der Waals surface area (Å²) >= 11 is 0. The average molecular weight is 264 g/mol. The molecule has 106 valence electrons. The van der Waals surface area contributed by atoms with E-state index in [0.29, 0.717) is 17.9 Å². The highest BCUT2D eigenvalue weighted by Gasteiger charge is 2.17. The fourth-order valence-corrected chi connectivity index (χ4v) is 2.05. The van der Waals surface area contributed by atoms with Crippen molar-refractivity contribution in [1.29, 1.82) is 0 Å². The van der Waals surface area contributed by atoms with Crippen molar-refractivity contribution in [3.8, 4) is 0 Å². The van der Waals surface area contributed by atoms with E-state index in [0.717, 1.165) is 32.0 Å². The lowest BCUT2D eigenvalue weighted by Crippen LogP contribution is -2.23. The van der Waals surface area contributed by atoms with E-state index in [9.17, 15) is 0 Å². The molecule has 6 heteroatoms. The summed E-state index contributed by atoms with van der Waals surface area (Å²) < 4.78 is 0. The van der Waals surface area contributed by atoms with Crippen LogP contribution in [0.25, 0.3) is 0 Å². The van der Waals surface area contributed by atoms with Crippen LogP contribution in [0.3, 0.4) is 0 Å². The Labute approximate surface area is 115 Å². The van der Waals surface area contributed by atoms with Gasteiger partial charge in [0.05, 0.1) is 0 Å². The van der Waals surface area contributed by atoms with Gasteiger partial charge in [-0.2, -0.15) is 15.0 Å².